The molecule has 2 rings (SSSR count). The van der Waals surface area contributed by atoms with Gasteiger partial charge in [-0.05, 0) is 31.5 Å². The van der Waals surface area contributed by atoms with Crippen LogP contribution in [0.2, 0.25) is 0 Å². The molecule has 0 fully saturated rings. The summed E-state index contributed by atoms with van der Waals surface area (Å²) in [5, 5.41) is 11.8. The topological polar surface area (TPSA) is 35.8 Å². The first-order valence-corrected chi connectivity index (χ1v) is 6.69. The molecule has 0 saturated heterocycles. The van der Waals surface area contributed by atoms with Gasteiger partial charge in [0.2, 0.25) is 0 Å². The summed E-state index contributed by atoms with van der Waals surface area (Å²) in [6.45, 7) is 4.00. The predicted molar refractivity (Wildman–Crippen MR) is 77.5 cm³/mol. The molecule has 2 nitrogen and oxygen atoms in total. The lowest BCUT2D eigenvalue weighted by Crippen LogP contribution is -2.19. The van der Waals surface area contributed by atoms with E-state index in [9.17, 15) is 8.78 Å². The smallest absolute Gasteiger partial charge is 0.131 e. The lowest BCUT2D eigenvalue weighted by molar-refractivity contribution is 0.508. The molecule has 0 radical (unpaired) electrons. The highest BCUT2D eigenvalue weighted by molar-refractivity contribution is 5.34. The highest BCUT2D eigenvalue weighted by Crippen LogP contribution is 2.18. The zero-order valence-electron chi connectivity index (χ0n) is 12.0. The maximum atomic E-state index is 13.8. The minimum atomic E-state index is -0.699. The Morgan fingerprint density at radius 1 is 1.19 bits per heavy atom. The van der Waals surface area contributed by atoms with Gasteiger partial charge in [-0.1, -0.05) is 29.8 Å². The SMILES string of the molecule is Cc1cccc([C@H](C)NCc2c(F)cc(C#N)cc2F)c1. The molecule has 4 heteroatoms. The number of halogens is 2. The second kappa shape index (κ2) is 6.47. The van der Waals surface area contributed by atoms with Gasteiger partial charge in [0.25, 0.3) is 0 Å². The highest BCUT2D eigenvalue weighted by atomic mass is 19.1. The Balaban J connectivity index is 2.12. The van der Waals surface area contributed by atoms with Crippen molar-refractivity contribution >= 4 is 0 Å². The van der Waals surface area contributed by atoms with Crippen LogP contribution in [-0.2, 0) is 6.54 Å². The van der Waals surface area contributed by atoms with Crippen LogP contribution in [0.1, 0.15) is 35.2 Å². The number of nitriles is 1. The van der Waals surface area contributed by atoms with E-state index in [1.165, 1.54) is 0 Å². The van der Waals surface area contributed by atoms with E-state index in [4.69, 9.17) is 5.26 Å². The van der Waals surface area contributed by atoms with Crippen molar-refractivity contribution in [2.24, 2.45) is 0 Å². The van der Waals surface area contributed by atoms with E-state index in [-0.39, 0.29) is 23.7 Å². The third kappa shape index (κ3) is 3.65. The van der Waals surface area contributed by atoms with Gasteiger partial charge in [0.1, 0.15) is 11.6 Å². The molecule has 1 atom stereocenters. The van der Waals surface area contributed by atoms with E-state index < -0.39 is 11.6 Å². The van der Waals surface area contributed by atoms with Crippen LogP contribution in [0.3, 0.4) is 0 Å². The van der Waals surface area contributed by atoms with Crippen LogP contribution in [0, 0.1) is 29.9 Å². The first-order chi connectivity index (χ1) is 10.0. The van der Waals surface area contributed by atoms with Crippen LogP contribution in [0.5, 0.6) is 0 Å². The Bertz CT molecular complexity index is 666. The lowest BCUT2D eigenvalue weighted by Gasteiger charge is -2.15. The van der Waals surface area contributed by atoms with Crippen molar-refractivity contribution in [3.63, 3.8) is 0 Å². The summed E-state index contributed by atoms with van der Waals surface area (Å²) in [6, 6.07) is 11.8. The average Bonchev–Trinajstić information content (AvgIpc) is 2.45. The number of hydrogen-bond donors (Lipinski definition) is 1. The molecular weight excluding hydrogens is 270 g/mol. The number of aryl methyl sites for hydroxylation is 1. The number of nitrogens with zero attached hydrogens (tertiary/aromatic N) is 1. The Morgan fingerprint density at radius 3 is 2.43 bits per heavy atom. The summed E-state index contributed by atoms with van der Waals surface area (Å²) < 4.78 is 27.6. The van der Waals surface area contributed by atoms with Crippen molar-refractivity contribution in [2.75, 3.05) is 0 Å². The molecular formula is C17H16F2N2. The van der Waals surface area contributed by atoms with Crippen molar-refractivity contribution in [3.05, 3.63) is 70.3 Å². The van der Waals surface area contributed by atoms with Gasteiger partial charge in [0.05, 0.1) is 11.6 Å². The number of hydrogen-bond acceptors (Lipinski definition) is 2. The fourth-order valence-electron chi connectivity index (χ4n) is 2.15. The van der Waals surface area contributed by atoms with E-state index >= 15 is 0 Å². The number of nitrogens with one attached hydrogen (secondary N) is 1. The molecule has 0 aliphatic heterocycles. The van der Waals surface area contributed by atoms with E-state index in [2.05, 4.69) is 5.32 Å². The summed E-state index contributed by atoms with van der Waals surface area (Å²) in [6.07, 6.45) is 0. The highest BCUT2D eigenvalue weighted by Gasteiger charge is 2.13. The van der Waals surface area contributed by atoms with Gasteiger partial charge < -0.3 is 5.32 Å². The van der Waals surface area contributed by atoms with E-state index in [0.29, 0.717) is 0 Å². The van der Waals surface area contributed by atoms with Crippen LogP contribution >= 0.6 is 0 Å². The Morgan fingerprint density at radius 2 is 1.86 bits per heavy atom. The van der Waals surface area contributed by atoms with E-state index in [1.807, 2.05) is 38.1 Å². The van der Waals surface area contributed by atoms with Crippen LogP contribution in [-0.4, -0.2) is 0 Å². The Hall–Kier alpha value is -2.25. The second-order valence-electron chi connectivity index (χ2n) is 5.05. The van der Waals surface area contributed by atoms with Crippen LogP contribution in [0.25, 0.3) is 0 Å². The third-order valence-corrected chi connectivity index (χ3v) is 3.40. The van der Waals surface area contributed by atoms with E-state index in [1.54, 1.807) is 6.07 Å². The van der Waals surface area contributed by atoms with Crippen molar-refractivity contribution in [1.82, 2.24) is 5.32 Å². The first kappa shape index (κ1) is 15.1. The molecule has 2 aromatic rings. The Kier molecular flexibility index (Phi) is 4.66. The molecule has 0 aliphatic carbocycles. The standard InChI is InChI=1S/C17H16F2N2/c1-11-4-3-5-14(6-11)12(2)21-10-15-16(18)7-13(9-20)8-17(15)19/h3-8,12,21H,10H2,1-2H3/t12-/m0/s1. The molecule has 0 bridgehead atoms. The zero-order chi connectivity index (χ0) is 15.4. The first-order valence-electron chi connectivity index (χ1n) is 6.69. The van der Waals surface area contributed by atoms with Gasteiger partial charge in [0, 0.05) is 18.2 Å². The molecule has 1 N–H and O–H groups in total. The summed E-state index contributed by atoms with van der Waals surface area (Å²) in [4.78, 5) is 0. The van der Waals surface area contributed by atoms with Gasteiger partial charge in [-0.25, -0.2) is 8.78 Å². The molecule has 0 unspecified atom stereocenters. The third-order valence-electron chi connectivity index (χ3n) is 3.40. The van der Waals surface area contributed by atoms with Gasteiger partial charge in [0.15, 0.2) is 0 Å². The number of rotatable bonds is 4. The minimum absolute atomic E-state index is 0.0134. The molecule has 0 aliphatic rings. The fraction of sp³-hybridized carbons (Fsp3) is 0.235. The molecule has 108 valence electrons. The lowest BCUT2D eigenvalue weighted by atomic mass is 10.0. The normalized spacial score (nSPS) is 12.0. The van der Waals surface area contributed by atoms with Crippen molar-refractivity contribution < 1.29 is 8.78 Å². The predicted octanol–water partition coefficient (Wildman–Crippen LogP) is 4.00. The molecule has 0 amide bonds. The molecule has 0 heterocycles. The second-order valence-corrected chi connectivity index (χ2v) is 5.05. The number of benzene rings is 2. The largest absolute Gasteiger partial charge is 0.306 e. The molecule has 0 saturated carbocycles. The van der Waals surface area contributed by atoms with Gasteiger partial charge >= 0.3 is 0 Å². The molecule has 21 heavy (non-hydrogen) atoms. The van der Waals surface area contributed by atoms with Gasteiger partial charge in [-0.2, -0.15) is 5.26 Å². The molecule has 0 aromatic heterocycles. The monoisotopic (exact) mass is 286 g/mol. The summed E-state index contributed by atoms with van der Waals surface area (Å²) in [5.41, 5.74) is 2.13. The summed E-state index contributed by atoms with van der Waals surface area (Å²) in [7, 11) is 0. The van der Waals surface area contributed by atoms with Crippen LogP contribution in [0.15, 0.2) is 36.4 Å². The van der Waals surface area contributed by atoms with Crippen LogP contribution < -0.4 is 5.32 Å². The van der Waals surface area contributed by atoms with Gasteiger partial charge in [-0.15, -0.1) is 0 Å². The summed E-state index contributed by atoms with van der Waals surface area (Å²) in [5.74, 6) is -1.40. The van der Waals surface area contributed by atoms with Gasteiger partial charge in [-0.3, -0.25) is 0 Å². The minimum Gasteiger partial charge on any atom is -0.306 e. The Labute approximate surface area is 123 Å². The van der Waals surface area contributed by atoms with Crippen molar-refractivity contribution in [1.29, 1.82) is 5.26 Å². The van der Waals surface area contributed by atoms with E-state index in [0.717, 1.165) is 23.3 Å². The molecule has 0 spiro atoms. The average molecular weight is 286 g/mol. The maximum absolute atomic E-state index is 13.8. The summed E-state index contributed by atoms with van der Waals surface area (Å²) >= 11 is 0. The van der Waals surface area contributed by atoms with Crippen molar-refractivity contribution in [3.8, 4) is 6.07 Å². The fourth-order valence-corrected chi connectivity index (χ4v) is 2.15. The van der Waals surface area contributed by atoms with Crippen molar-refractivity contribution in [2.45, 2.75) is 26.4 Å². The van der Waals surface area contributed by atoms with Crippen LogP contribution in [0.4, 0.5) is 8.78 Å². The quantitative estimate of drug-likeness (QED) is 0.922. The maximum Gasteiger partial charge on any atom is 0.131 e. The zero-order valence-corrected chi connectivity index (χ0v) is 12.0. The molecule has 2 aromatic carbocycles.